The van der Waals surface area contributed by atoms with Crippen molar-refractivity contribution in [3.05, 3.63) is 29.8 Å². The molecular formula is C15H23N3O2S. The van der Waals surface area contributed by atoms with E-state index in [1.165, 1.54) is 5.56 Å². The van der Waals surface area contributed by atoms with E-state index < -0.39 is 11.3 Å². The summed E-state index contributed by atoms with van der Waals surface area (Å²) >= 11 is 1.80. The molecule has 0 atom stereocenters. The zero-order valence-electron chi connectivity index (χ0n) is 12.7. The first kappa shape index (κ1) is 17.4. The fourth-order valence-corrected chi connectivity index (χ4v) is 1.98. The van der Waals surface area contributed by atoms with Gasteiger partial charge in [-0.1, -0.05) is 12.1 Å². The number of anilines is 1. The number of amides is 3. The first-order valence-electron chi connectivity index (χ1n) is 6.78. The van der Waals surface area contributed by atoms with Crippen LogP contribution < -0.4 is 16.4 Å². The van der Waals surface area contributed by atoms with E-state index in [2.05, 4.69) is 16.9 Å². The molecule has 0 saturated carbocycles. The SMILES string of the molecule is CSCCc1ccc(NC(=O)NCC(C)(C)C(N)=O)cc1. The van der Waals surface area contributed by atoms with Gasteiger partial charge in [0.2, 0.25) is 5.91 Å². The first-order valence-corrected chi connectivity index (χ1v) is 8.17. The lowest BCUT2D eigenvalue weighted by atomic mass is 9.93. The molecule has 5 nitrogen and oxygen atoms in total. The summed E-state index contributed by atoms with van der Waals surface area (Å²) < 4.78 is 0. The molecule has 0 aliphatic carbocycles. The van der Waals surface area contributed by atoms with Crippen LogP contribution in [-0.2, 0) is 11.2 Å². The molecule has 0 aliphatic heterocycles. The molecule has 4 N–H and O–H groups in total. The molecular weight excluding hydrogens is 286 g/mol. The zero-order chi connectivity index (χ0) is 15.9. The standard InChI is InChI=1S/C15H23N3O2S/c1-15(2,13(16)19)10-17-14(20)18-12-6-4-11(5-7-12)8-9-21-3/h4-7H,8-10H2,1-3H3,(H2,16,19)(H2,17,18,20). The number of thioether (sulfide) groups is 1. The Morgan fingerprint density at radius 3 is 2.38 bits per heavy atom. The minimum Gasteiger partial charge on any atom is -0.369 e. The Bertz CT molecular complexity index is 486. The molecule has 0 bridgehead atoms. The molecule has 0 radical (unpaired) electrons. The lowest BCUT2D eigenvalue weighted by Gasteiger charge is -2.20. The van der Waals surface area contributed by atoms with Crippen molar-refractivity contribution in [1.29, 1.82) is 0 Å². The van der Waals surface area contributed by atoms with E-state index in [9.17, 15) is 9.59 Å². The van der Waals surface area contributed by atoms with Crippen LogP contribution in [0.25, 0.3) is 0 Å². The Labute approximate surface area is 130 Å². The highest BCUT2D eigenvalue weighted by atomic mass is 32.2. The topological polar surface area (TPSA) is 84.2 Å². The maximum atomic E-state index is 11.8. The van der Waals surface area contributed by atoms with Gasteiger partial charge in [-0.05, 0) is 50.0 Å². The van der Waals surface area contributed by atoms with Gasteiger partial charge in [0.05, 0.1) is 5.41 Å². The van der Waals surface area contributed by atoms with E-state index in [-0.39, 0.29) is 12.6 Å². The van der Waals surface area contributed by atoms with Gasteiger partial charge in [0.25, 0.3) is 0 Å². The second kappa shape index (κ2) is 7.93. The quantitative estimate of drug-likeness (QED) is 0.722. The predicted octanol–water partition coefficient (Wildman–Crippen LogP) is 2.23. The van der Waals surface area contributed by atoms with E-state index in [1.807, 2.05) is 24.3 Å². The molecule has 0 spiro atoms. The largest absolute Gasteiger partial charge is 0.369 e. The first-order chi connectivity index (χ1) is 9.85. The van der Waals surface area contributed by atoms with Crippen LogP contribution in [0.1, 0.15) is 19.4 Å². The molecule has 0 aliphatic rings. The minimum absolute atomic E-state index is 0.194. The summed E-state index contributed by atoms with van der Waals surface area (Å²) in [6, 6.07) is 7.39. The third-order valence-electron chi connectivity index (χ3n) is 3.16. The Hall–Kier alpha value is -1.69. The van der Waals surface area contributed by atoms with Gasteiger partial charge in [-0.25, -0.2) is 4.79 Å². The molecule has 3 amide bonds. The summed E-state index contributed by atoms with van der Waals surface area (Å²) in [6.45, 7) is 3.58. The van der Waals surface area contributed by atoms with Crippen molar-refractivity contribution in [2.24, 2.45) is 11.1 Å². The molecule has 1 aromatic carbocycles. The molecule has 1 aromatic rings. The number of nitrogens with one attached hydrogen (secondary N) is 2. The number of carbonyl (C=O) groups is 2. The van der Waals surface area contributed by atoms with E-state index in [4.69, 9.17) is 5.73 Å². The highest BCUT2D eigenvalue weighted by Gasteiger charge is 2.25. The van der Waals surface area contributed by atoms with Crippen molar-refractivity contribution in [1.82, 2.24) is 5.32 Å². The monoisotopic (exact) mass is 309 g/mol. The van der Waals surface area contributed by atoms with Crippen molar-refractivity contribution < 1.29 is 9.59 Å². The molecule has 1 rings (SSSR count). The number of primary amides is 1. The Kier molecular flexibility index (Phi) is 6.55. The summed E-state index contributed by atoms with van der Waals surface area (Å²) in [5.74, 6) is 0.635. The maximum Gasteiger partial charge on any atom is 0.319 e. The Morgan fingerprint density at radius 1 is 1.24 bits per heavy atom. The lowest BCUT2D eigenvalue weighted by Crippen LogP contribution is -2.43. The van der Waals surface area contributed by atoms with Crippen molar-refractivity contribution in [3.8, 4) is 0 Å². The van der Waals surface area contributed by atoms with Crippen molar-refractivity contribution >= 4 is 29.4 Å². The number of rotatable bonds is 7. The van der Waals surface area contributed by atoms with Crippen LogP contribution in [0.15, 0.2) is 24.3 Å². The molecule has 0 aromatic heterocycles. The number of benzene rings is 1. The molecule has 0 heterocycles. The van der Waals surface area contributed by atoms with Crippen LogP contribution in [0, 0.1) is 5.41 Å². The summed E-state index contributed by atoms with van der Waals surface area (Å²) in [4.78, 5) is 22.9. The summed E-state index contributed by atoms with van der Waals surface area (Å²) in [5.41, 5.74) is 6.45. The average molecular weight is 309 g/mol. The van der Waals surface area contributed by atoms with Crippen molar-refractivity contribution in [2.75, 3.05) is 23.9 Å². The number of hydrogen-bond donors (Lipinski definition) is 3. The third kappa shape index (κ3) is 6.08. The summed E-state index contributed by atoms with van der Waals surface area (Å²) in [5, 5.41) is 5.38. The van der Waals surface area contributed by atoms with Crippen molar-refractivity contribution in [3.63, 3.8) is 0 Å². The molecule has 6 heteroatoms. The van der Waals surface area contributed by atoms with Crippen LogP contribution in [0.5, 0.6) is 0 Å². The highest BCUT2D eigenvalue weighted by Crippen LogP contribution is 2.13. The zero-order valence-corrected chi connectivity index (χ0v) is 13.5. The van der Waals surface area contributed by atoms with E-state index in [0.29, 0.717) is 0 Å². The number of carbonyl (C=O) groups excluding carboxylic acids is 2. The normalized spacial score (nSPS) is 11.0. The van der Waals surface area contributed by atoms with Gasteiger partial charge in [0.1, 0.15) is 0 Å². The lowest BCUT2D eigenvalue weighted by molar-refractivity contribution is -0.125. The molecule has 0 fully saturated rings. The minimum atomic E-state index is -0.765. The van der Waals surface area contributed by atoms with Crippen LogP contribution >= 0.6 is 11.8 Å². The molecule has 0 saturated heterocycles. The van der Waals surface area contributed by atoms with Crippen LogP contribution in [-0.4, -0.2) is 30.5 Å². The average Bonchev–Trinajstić information content (AvgIpc) is 2.44. The van der Waals surface area contributed by atoms with E-state index in [0.717, 1.165) is 17.9 Å². The Morgan fingerprint density at radius 2 is 1.86 bits per heavy atom. The predicted molar refractivity (Wildman–Crippen MR) is 88.5 cm³/mol. The second-order valence-corrected chi connectivity index (χ2v) is 6.48. The van der Waals surface area contributed by atoms with Gasteiger partial charge in [-0.2, -0.15) is 11.8 Å². The number of nitrogens with two attached hydrogens (primary N) is 1. The summed E-state index contributed by atoms with van der Waals surface area (Å²) in [7, 11) is 0. The molecule has 21 heavy (non-hydrogen) atoms. The molecule has 116 valence electrons. The van der Waals surface area contributed by atoms with E-state index >= 15 is 0 Å². The number of aryl methyl sites for hydroxylation is 1. The van der Waals surface area contributed by atoms with Gasteiger partial charge in [-0.3, -0.25) is 4.79 Å². The third-order valence-corrected chi connectivity index (χ3v) is 3.78. The fraction of sp³-hybridized carbons (Fsp3) is 0.467. The number of urea groups is 1. The molecule has 0 unspecified atom stereocenters. The van der Waals surface area contributed by atoms with Gasteiger partial charge in [0, 0.05) is 12.2 Å². The summed E-state index contributed by atoms with van der Waals surface area (Å²) in [6.07, 6.45) is 3.09. The smallest absolute Gasteiger partial charge is 0.319 e. The van der Waals surface area contributed by atoms with Gasteiger partial charge in [0.15, 0.2) is 0 Å². The van der Waals surface area contributed by atoms with Gasteiger partial charge < -0.3 is 16.4 Å². The number of hydrogen-bond acceptors (Lipinski definition) is 3. The van der Waals surface area contributed by atoms with Gasteiger partial charge in [-0.15, -0.1) is 0 Å². The van der Waals surface area contributed by atoms with Crippen LogP contribution in [0.2, 0.25) is 0 Å². The Balaban J connectivity index is 2.46. The van der Waals surface area contributed by atoms with Crippen LogP contribution in [0.3, 0.4) is 0 Å². The highest BCUT2D eigenvalue weighted by molar-refractivity contribution is 7.98. The van der Waals surface area contributed by atoms with E-state index in [1.54, 1.807) is 25.6 Å². The maximum absolute atomic E-state index is 11.8. The van der Waals surface area contributed by atoms with Crippen molar-refractivity contribution in [2.45, 2.75) is 20.3 Å². The van der Waals surface area contributed by atoms with Crippen LogP contribution in [0.4, 0.5) is 10.5 Å². The fourth-order valence-electron chi connectivity index (χ4n) is 1.54. The van der Waals surface area contributed by atoms with Gasteiger partial charge >= 0.3 is 6.03 Å². The second-order valence-electron chi connectivity index (χ2n) is 5.50.